The van der Waals surface area contributed by atoms with Gasteiger partial charge in [-0.15, -0.1) is 0 Å². The molecular weight excluding hydrogens is 226 g/mol. The molecule has 0 saturated heterocycles. The fraction of sp³-hybridized carbons (Fsp3) is 0.533. The maximum Gasteiger partial charge on any atom is 0.258 e. The van der Waals surface area contributed by atoms with E-state index in [2.05, 4.69) is 12.2 Å². The summed E-state index contributed by atoms with van der Waals surface area (Å²) in [6.07, 6.45) is 4.81. The molecule has 1 aromatic carbocycles. The Balaban J connectivity index is 1.75. The quantitative estimate of drug-likeness (QED) is 0.888. The van der Waals surface area contributed by atoms with Gasteiger partial charge in [0.1, 0.15) is 5.75 Å². The van der Waals surface area contributed by atoms with Crippen LogP contribution < -0.4 is 10.1 Å². The molecule has 0 radical (unpaired) electrons. The van der Waals surface area contributed by atoms with Crippen LogP contribution in [0.3, 0.4) is 0 Å². The minimum absolute atomic E-state index is 0.0161. The van der Waals surface area contributed by atoms with Gasteiger partial charge in [-0.25, -0.2) is 0 Å². The molecule has 1 amide bonds. The van der Waals surface area contributed by atoms with Crippen LogP contribution in [0.5, 0.6) is 5.75 Å². The highest BCUT2D eigenvalue weighted by atomic mass is 16.5. The highest BCUT2D eigenvalue weighted by Crippen LogP contribution is 2.23. The predicted octanol–water partition coefficient (Wildman–Crippen LogP) is 2.76. The van der Waals surface area contributed by atoms with Crippen molar-refractivity contribution in [2.24, 2.45) is 5.92 Å². The van der Waals surface area contributed by atoms with Gasteiger partial charge in [-0.2, -0.15) is 0 Å². The number of para-hydroxylation sites is 1. The number of nitrogens with one attached hydrogen (secondary N) is 1. The van der Waals surface area contributed by atoms with E-state index in [9.17, 15) is 4.79 Å². The van der Waals surface area contributed by atoms with Gasteiger partial charge >= 0.3 is 0 Å². The summed E-state index contributed by atoms with van der Waals surface area (Å²) in [5, 5.41) is 3.07. The molecule has 2 rings (SSSR count). The summed E-state index contributed by atoms with van der Waals surface area (Å²) in [6.45, 7) is 2.31. The number of carbonyl (C=O) groups is 1. The number of hydrogen-bond acceptors (Lipinski definition) is 2. The molecule has 1 fully saturated rings. The number of amides is 1. The molecule has 18 heavy (non-hydrogen) atoms. The van der Waals surface area contributed by atoms with Crippen molar-refractivity contribution in [3.8, 4) is 5.75 Å². The Hall–Kier alpha value is -1.51. The number of hydrogen-bond donors (Lipinski definition) is 1. The molecule has 0 unspecified atom stereocenters. The van der Waals surface area contributed by atoms with Crippen LogP contribution >= 0.6 is 0 Å². The first-order chi connectivity index (χ1) is 8.75. The summed E-state index contributed by atoms with van der Waals surface area (Å²) in [5.41, 5.74) is 0. The summed E-state index contributed by atoms with van der Waals surface area (Å²) in [4.78, 5) is 11.8. The van der Waals surface area contributed by atoms with E-state index in [-0.39, 0.29) is 12.5 Å². The molecule has 1 aliphatic rings. The molecule has 0 aromatic heterocycles. The van der Waals surface area contributed by atoms with Crippen LogP contribution in [-0.2, 0) is 4.79 Å². The molecule has 3 nitrogen and oxygen atoms in total. The molecule has 98 valence electrons. The molecule has 1 N–H and O–H groups in total. The molecule has 1 aromatic rings. The highest BCUT2D eigenvalue weighted by Gasteiger charge is 2.22. The van der Waals surface area contributed by atoms with E-state index in [1.165, 1.54) is 19.3 Å². The standard InChI is InChI=1S/C15H21NO2/c1-12-7-5-6-10-14(12)16-15(17)11-18-13-8-3-2-4-9-13/h2-4,8-9,12,14H,5-7,10-11H2,1H3,(H,16,17)/t12-,14+/m1/s1. The van der Waals surface area contributed by atoms with Crippen molar-refractivity contribution in [1.29, 1.82) is 0 Å². The average molecular weight is 247 g/mol. The molecule has 0 bridgehead atoms. The lowest BCUT2D eigenvalue weighted by atomic mass is 9.86. The molecule has 1 saturated carbocycles. The summed E-state index contributed by atoms with van der Waals surface area (Å²) in [6, 6.07) is 9.77. The van der Waals surface area contributed by atoms with Gasteiger partial charge in [0, 0.05) is 6.04 Å². The van der Waals surface area contributed by atoms with Crippen molar-refractivity contribution < 1.29 is 9.53 Å². The molecule has 0 aliphatic heterocycles. The van der Waals surface area contributed by atoms with Gasteiger partial charge in [-0.3, -0.25) is 4.79 Å². The first kappa shape index (κ1) is 12.9. The maximum atomic E-state index is 11.8. The Morgan fingerprint density at radius 2 is 2.00 bits per heavy atom. The van der Waals surface area contributed by atoms with Gasteiger partial charge in [0.2, 0.25) is 0 Å². The van der Waals surface area contributed by atoms with Crippen LogP contribution in [0.4, 0.5) is 0 Å². The molecule has 1 aliphatic carbocycles. The van der Waals surface area contributed by atoms with E-state index in [1.54, 1.807) is 0 Å². The predicted molar refractivity (Wildman–Crippen MR) is 71.5 cm³/mol. The average Bonchev–Trinajstić information content (AvgIpc) is 2.40. The Kier molecular flexibility index (Phi) is 4.62. The van der Waals surface area contributed by atoms with Crippen LogP contribution in [-0.4, -0.2) is 18.6 Å². The molecular formula is C15H21NO2. The first-order valence-electron chi connectivity index (χ1n) is 6.73. The van der Waals surface area contributed by atoms with E-state index in [0.717, 1.165) is 12.2 Å². The van der Waals surface area contributed by atoms with Crippen molar-refractivity contribution in [3.05, 3.63) is 30.3 Å². The second kappa shape index (κ2) is 6.43. The molecule has 0 heterocycles. The second-order valence-corrected chi connectivity index (χ2v) is 5.04. The lowest BCUT2D eigenvalue weighted by molar-refractivity contribution is -0.124. The number of ether oxygens (including phenoxy) is 1. The van der Waals surface area contributed by atoms with Gasteiger partial charge in [0.05, 0.1) is 0 Å². The Morgan fingerprint density at radius 1 is 1.28 bits per heavy atom. The normalized spacial score (nSPS) is 23.4. The Labute approximate surface area is 109 Å². The van der Waals surface area contributed by atoms with Crippen LogP contribution in [0.25, 0.3) is 0 Å². The summed E-state index contributed by atoms with van der Waals surface area (Å²) in [5.74, 6) is 1.31. The van der Waals surface area contributed by atoms with E-state index in [4.69, 9.17) is 4.74 Å². The molecule has 2 atom stereocenters. The number of carbonyl (C=O) groups excluding carboxylic acids is 1. The minimum Gasteiger partial charge on any atom is -0.484 e. The van der Waals surface area contributed by atoms with Crippen molar-refractivity contribution in [2.75, 3.05) is 6.61 Å². The lowest BCUT2D eigenvalue weighted by Crippen LogP contribution is -2.43. The lowest BCUT2D eigenvalue weighted by Gasteiger charge is -2.29. The van der Waals surface area contributed by atoms with Crippen LogP contribution in [0.1, 0.15) is 32.6 Å². The van der Waals surface area contributed by atoms with E-state index in [0.29, 0.717) is 12.0 Å². The van der Waals surface area contributed by atoms with Gasteiger partial charge in [0.25, 0.3) is 5.91 Å². The van der Waals surface area contributed by atoms with Crippen LogP contribution in [0.2, 0.25) is 0 Å². The minimum atomic E-state index is -0.0161. The van der Waals surface area contributed by atoms with E-state index < -0.39 is 0 Å². The summed E-state index contributed by atoms with van der Waals surface area (Å²) in [7, 11) is 0. The van der Waals surface area contributed by atoms with Gasteiger partial charge < -0.3 is 10.1 Å². The number of rotatable bonds is 4. The maximum absolute atomic E-state index is 11.8. The SMILES string of the molecule is C[C@@H]1CCCC[C@@H]1NC(=O)COc1ccccc1. The summed E-state index contributed by atoms with van der Waals surface area (Å²) >= 11 is 0. The monoisotopic (exact) mass is 247 g/mol. The van der Waals surface area contributed by atoms with Crippen LogP contribution in [0, 0.1) is 5.92 Å². The highest BCUT2D eigenvalue weighted by molar-refractivity contribution is 5.77. The fourth-order valence-corrected chi connectivity index (χ4v) is 2.44. The van der Waals surface area contributed by atoms with Crippen molar-refractivity contribution in [3.63, 3.8) is 0 Å². The van der Waals surface area contributed by atoms with Crippen molar-refractivity contribution >= 4 is 5.91 Å². The third-order valence-electron chi connectivity index (χ3n) is 3.57. The van der Waals surface area contributed by atoms with Crippen molar-refractivity contribution in [1.82, 2.24) is 5.32 Å². The molecule has 3 heteroatoms. The Morgan fingerprint density at radius 3 is 2.72 bits per heavy atom. The van der Waals surface area contributed by atoms with E-state index in [1.807, 2.05) is 30.3 Å². The number of benzene rings is 1. The third-order valence-corrected chi connectivity index (χ3v) is 3.57. The van der Waals surface area contributed by atoms with Crippen LogP contribution in [0.15, 0.2) is 30.3 Å². The topological polar surface area (TPSA) is 38.3 Å². The Bertz CT molecular complexity index is 377. The zero-order valence-electron chi connectivity index (χ0n) is 10.9. The zero-order valence-corrected chi connectivity index (χ0v) is 10.9. The van der Waals surface area contributed by atoms with Crippen molar-refractivity contribution in [2.45, 2.75) is 38.6 Å². The second-order valence-electron chi connectivity index (χ2n) is 5.04. The summed E-state index contributed by atoms with van der Waals surface area (Å²) < 4.78 is 5.43. The third kappa shape index (κ3) is 3.76. The zero-order chi connectivity index (χ0) is 12.8. The first-order valence-corrected chi connectivity index (χ1v) is 6.73. The largest absolute Gasteiger partial charge is 0.484 e. The van der Waals surface area contributed by atoms with Gasteiger partial charge in [0.15, 0.2) is 6.61 Å². The fourth-order valence-electron chi connectivity index (χ4n) is 2.44. The smallest absolute Gasteiger partial charge is 0.258 e. The van der Waals surface area contributed by atoms with E-state index >= 15 is 0 Å². The van der Waals surface area contributed by atoms with Gasteiger partial charge in [-0.1, -0.05) is 38.0 Å². The molecule has 0 spiro atoms. The van der Waals surface area contributed by atoms with Gasteiger partial charge in [-0.05, 0) is 30.9 Å².